The van der Waals surface area contributed by atoms with Gasteiger partial charge in [0.15, 0.2) is 0 Å². The maximum absolute atomic E-state index is 6.42. The smallest absolute Gasteiger partial charge is 0.210 e. The van der Waals surface area contributed by atoms with Gasteiger partial charge in [-0.05, 0) is 37.0 Å². The third kappa shape index (κ3) is 2.72. The topological polar surface area (TPSA) is 66.0 Å². The molecule has 24 heavy (non-hydrogen) atoms. The van der Waals surface area contributed by atoms with Gasteiger partial charge in [-0.3, -0.25) is 0 Å². The lowest BCUT2D eigenvalue weighted by Crippen LogP contribution is -2.19. The van der Waals surface area contributed by atoms with Crippen LogP contribution in [0.25, 0.3) is 5.13 Å². The van der Waals surface area contributed by atoms with Crippen LogP contribution in [0.1, 0.15) is 41.4 Å². The minimum atomic E-state index is 0.0655. The van der Waals surface area contributed by atoms with Crippen molar-refractivity contribution in [2.45, 2.75) is 31.7 Å². The number of rotatable bonds is 4. The fraction of sp³-hybridized carbons (Fsp3) is 0.333. The molecule has 0 fully saturated rings. The fourth-order valence-electron chi connectivity index (χ4n) is 3.36. The van der Waals surface area contributed by atoms with E-state index in [1.807, 2.05) is 28.4 Å². The second-order valence-electron chi connectivity index (χ2n) is 6.06. The molecule has 1 aliphatic carbocycles. The molecule has 1 aliphatic rings. The van der Waals surface area contributed by atoms with E-state index >= 15 is 0 Å². The number of aromatic nitrogens is 3. The molecule has 0 saturated heterocycles. The van der Waals surface area contributed by atoms with Crippen molar-refractivity contribution in [1.82, 2.24) is 14.8 Å². The summed E-state index contributed by atoms with van der Waals surface area (Å²) in [7, 11) is 1.68. The minimum absolute atomic E-state index is 0.0655. The highest BCUT2D eigenvalue weighted by Crippen LogP contribution is 2.33. The first-order valence-corrected chi connectivity index (χ1v) is 9.03. The molecular formula is C18H20N4OS. The zero-order valence-electron chi connectivity index (χ0n) is 13.6. The van der Waals surface area contributed by atoms with Gasteiger partial charge in [0.25, 0.3) is 0 Å². The number of benzene rings is 1. The Balaban J connectivity index is 1.74. The van der Waals surface area contributed by atoms with E-state index in [1.54, 1.807) is 18.4 Å². The lowest BCUT2D eigenvalue weighted by atomic mass is 9.90. The summed E-state index contributed by atoms with van der Waals surface area (Å²) in [6.07, 6.45) is 5.73. The molecule has 0 bridgehead atoms. The predicted octanol–water partition coefficient (Wildman–Crippen LogP) is 3.26. The molecular weight excluding hydrogens is 320 g/mol. The zero-order valence-corrected chi connectivity index (χ0v) is 14.4. The van der Waals surface area contributed by atoms with Crippen LogP contribution in [0.5, 0.6) is 5.75 Å². The van der Waals surface area contributed by atoms with Crippen LogP contribution in [0.3, 0.4) is 0 Å². The molecule has 0 spiro atoms. The van der Waals surface area contributed by atoms with Crippen molar-refractivity contribution in [3.63, 3.8) is 0 Å². The third-order valence-electron chi connectivity index (χ3n) is 4.53. The van der Waals surface area contributed by atoms with Gasteiger partial charge in [0.1, 0.15) is 5.75 Å². The van der Waals surface area contributed by atoms with E-state index in [0.29, 0.717) is 0 Å². The van der Waals surface area contributed by atoms with Gasteiger partial charge in [0, 0.05) is 29.6 Å². The van der Waals surface area contributed by atoms with Crippen molar-refractivity contribution < 1.29 is 4.74 Å². The lowest BCUT2D eigenvalue weighted by molar-refractivity contribution is 0.414. The summed E-state index contributed by atoms with van der Waals surface area (Å²) < 4.78 is 7.23. The molecule has 0 saturated carbocycles. The van der Waals surface area contributed by atoms with Crippen LogP contribution in [0.15, 0.2) is 35.8 Å². The third-order valence-corrected chi connectivity index (χ3v) is 5.28. The Kier molecular flexibility index (Phi) is 4.08. The summed E-state index contributed by atoms with van der Waals surface area (Å²) >= 11 is 1.61. The van der Waals surface area contributed by atoms with Gasteiger partial charge in [-0.15, -0.1) is 11.3 Å². The van der Waals surface area contributed by atoms with E-state index in [0.717, 1.165) is 42.3 Å². The first kappa shape index (κ1) is 15.4. The molecule has 0 radical (unpaired) electrons. The number of nitrogens with zero attached hydrogens (tertiary/aromatic N) is 3. The van der Waals surface area contributed by atoms with E-state index in [1.165, 1.54) is 16.8 Å². The monoisotopic (exact) mass is 340 g/mol. The second-order valence-corrected chi connectivity index (χ2v) is 6.93. The van der Waals surface area contributed by atoms with E-state index in [4.69, 9.17) is 15.6 Å². The first-order chi connectivity index (χ1) is 11.8. The van der Waals surface area contributed by atoms with Crippen LogP contribution in [0.2, 0.25) is 0 Å². The van der Waals surface area contributed by atoms with Crippen LogP contribution in [0, 0.1) is 0 Å². The standard InChI is InChI=1S/C18H20N4OS/c1-23-13-7-5-12(6-8-13)11-15-17-14(19)3-2-4-16(17)22(21-15)18-20-9-10-24-18/h5-10,14H,2-4,11,19H2,1H3. The molecule has 5 nitrogen and oxygen atoms in total. The molecule has 1 unspecified atom stereocenters. The molecule has 1 atom stereocenters. The maximum Gasteiger partial charge on any atom is 0.210 e. The van der Waals surface area contributed by atoms with Gasteiger partial charge < -0.3 is 10.5 Å². The zero-order chi connectivity index (χ0) is 16.5. The molecule has 124 valence electrons. The van der Waals surface area contributed by atoms with Crippen LogP contribution < -0.4 is 10.5 Å². The Hall–Kier alpha value is -2.18. The normalized spacial score (nSPS) is 16.8. The largest absolute Gasteiger partial charge is 0.497 e. The highest BCUT2D eigenvalue weighted by Gasteiger charge is 2.27. The molecule has 2 heterocycles. The van der Waals surface area contributed by atoms with E-state index in [-0.39, 0.29) is 6.04 Å². The average molecular weight is 340 g/mol. The number of hydrogen-bond donors (Lipinski definition) is 1. The van der Waals surface area contributed by atoms with Crippen molar-refractivity contribution in [3.8, 4) is 10.9 Å². The molecule has 0 aliphatic heterocycles. The number of hydrogen-bond acceptors (Lipinski definition) is 5. The van der Waals surface area contributed by atoms with Gasteiger partial charge in [0.05, 0.1) is 18.5 Å². The van der Waals surface area contributed by atoms with Crippen molar-refractivity contribution in [3.05, 3.63) is 58.4 Å². The lowest BCUT2D eigenvalue weighted by Gasteiger charge is -2.20. The number of thiazole rings is 1. The Morgan fingerprint density at radius 2 is 2.17 bits per heavy atom. The Bertz CT molecular complexity index is 824. The second kappa shape index (κ2) is 6.37. The Labute approximate surface area is 145 Å². The molecule has 0 amide bonds. The average Bonchev–Trinajstić information content (AvgIpc) is 3.24. The molecule has 6 heteroatoms. The van der Waals surface area contributed by atoms with E-state index in [9.17, 15) is 0 Å². The highest BCUT2D eigenvalue weighted by atomic mass is 32.1. The first-order valence-electron chi connectivity index (χ1n) is 8.15. The van der Waals surface area contributed by atoms with Gasteiger partial charge in [-0.25, -0.2) is 9.67 Å². The van der Waals surface area contributed by atoms with E-state index in [2.05, 4.69) is 17.1 Å². The number of ether oxygens (including phenoxy) is 1. The van der Waals surface area contributed by atoms with Crippen LogP contribution in [0.4, 0.5) is 0 Å². The molecule has 3 aromatic rings. The molecule has 4 rings (SSSR count). The Morgan fingerprint density at radius 3 is 2.88 bits per heavy atom. The molecule has 2 N–H and O–H groups in total. The molecule has 1 aromatic carbocycles. The Morgan fingerprint density at radius 1 is 1.33 bits per heavy atom. The summed E-state index contributed by atoms with van der Waals surface area (Å²) in [6, 6.07) is 8.21. The number of nitrogens with two attached hydrogens (primary N) is 1. The van der Waals surface area contributed by atoms with Crippen LogP contribution in [-0.4, -0.2) is 21.9 Å². The fourth-order valence-corrected chi connectivity index (χ4v) is 3.98. The summed E-state index contributed by atoms with van der Waals surface area (Å²) in [5.41, 5.74) is 11.1. The quantitative estimate of drug-likeness (QED) is 0.792. The summed E-state index contributed by atoms with van der Waals surface area (Å²) in [5, 5.41) is 7.78. The maximum atomic E-state index is 6.42. The summed E-state index contributed by atoms with van der Waals surface area (Å²) in [4.78, 5) is 4.42. The SMILES string of the molecule is COc1ccc(Cc2nn(-c3nccs3)c3c2C(N)CCC3)cc1. The van der Waals surface area contributed by atoms with Crippen molar-refractivity contribution in [2.75, 3.05) is 7.11 Å². The van der Waals surface area contributed by atoms with E-state index < -0.39 is 0 Å². The van der Waals surface area contributed by atoms with Gasteiger partial charge in [-0.1, -0.05) is 12.1 Å². The summed E-state index contributed by atoms with van der Waals surface area (Å²) in [6.45, 7) is 0. The van der Waals surface area contributed by atoms with Gasteiger partial charge >= 0.3 is 0 Å². The number of fused-ring (bicyclic) bond motifs is 1. The van der Waals surface area contributed by atoms with Gasteiger partial charge in [0.2, 0.25) is 5.13 Å². The number of methoxy groups -OCH3 is 1. The van der Waals surface area contributed by atoms with Crippen LogP contribution in [-0.2, 0) is 12.8 Å². The van der Waals surface area contributed by atoms with Crippen molar-refractivity contribution >= 4 is 11.3 Å². The predicted molar refractivity (Wildman–Crippen MR) is 94.9 cm³/mol. The molecule has 2 aromatic heterocycles. The van der Waals surface area contributed by atoms with Crippen molar-refractivity contribution in [2.24, 2.45) is 5.73 Å². The van der Waals surface area contributed by atoms with Crippen LogP contribution >= 0.6 is 11.3 Å². The summed E-state index contributed by atoms with van der Waals surface area (Å²) in [5.74, 6) is 0.866. The minimum Gasteiger partial charge on any atom is -0.497 e. The highest BCUT2D eigenvalue weighted by molar-refractivity contribution is 7.12. The van der Waals surface area contributed by atoms with Crippen molar-refractivity contribution in [1.29, 1.82) is 0 Å². The van der Waals surface area contributed by atoms with Gasteiger partial charge in [-0.2, -0.15) is 5.10 Å².